The Bertz CT molecular complexity index is 793. The quantitative estimate of drug-likeness (QED) is 0.687. The van der Waals surface area contributed by atoms with E-state index < -0.39 is 5.78 Å². The molecule has 0 unspecified atom stereocenters. The van der Waals surface area contributed by atoms with Gasteiger partial charge in [0.25, 0.3) is 0 Å². The molecule has 0 heterocycles. The molecule has 2 aromatic rings. The molecule has 1 N–H and O–H groups in total. The van der Waals surface area contributed by atoms with Crippen molar-refractivity contribution >= 4 is 17.3 Å². The van der Waals surface area contributed by atoms with Crippen molar-refractivity contribution in [3.8, 4) is 5.75 Å². The summed E-state index contributed by atoms with van der Waals surface area (Å²) in [6.45, 7) is 1.63. The second-order valence-corrected chi connectivity index (χ2v) is 4.63. The average molecular weight is 267 g/mol. The maximum Gasteiger partial charge on any atom is 0.198 e. The van der Waals surface area contributed by atoms with E-state index in [2.05, 4.69) is 5.18 Å². The molecule has 0 atom stereocenters. The molecule has 98 valence electrons. The molecule has 0 fully saturated rings. The predicted molar refractivity (Wildman–Crippen MR) is 71.6 cm³/mol. The van der Waals surface area contributed by atoms with Gasteiger partial charge >= 0.3 is 0 Å². The lowest BCUT2D eigenvalue weighted by molar-refractivity contribution is 0.0976. The molecule has 0 amide bonds. The van der Waals surface area contributed by atoms with Gasteiger partial charge in [0.05, 0.1) is 5.56 Å². The number of aromatic hydroxyl groups is 1. The van der Waals surface area contributed by atoms with Crippen LogP contribution in [-0.2, 0) is 0 Å². The van der Waals surface area contributed by atoms with E-state index in [0.29, 0.717) is 5.56 Å². The molecule has 5 heteroatoms. The van der Waals surface area contributed by atoms with E-state index in [1.165, 1.54) is 30.3 Å². The summed E-state index contributed by atoms with van der Waals surface area (Å²) in [4.78, 5) is 35.5. The number of rotatable bonds is 1. The number of phenols is 1. The van der Waals surface area contributed by atoms with Gasteiger partial charge in [-0.3, -0.25) is 9.59 Å². The van der Waals surface area contributed by atoms with Crippen LogP contribution < -0.4 is 0 Å². The van der Waals surface area contributed by atoms with Crippen molar-refractivity contribution in [3.63, 3.8) is 0 Å². The lowest BCUT2D eigenvalue weighted by Gasteiger charge is -2.19. The largest absolute Gasteiger partial charge is 0.507 e. The maximum absolute atomic E-state index is 12.5. The van der Waals surface area contributed by atoms with E-state index >= 15 is 0 Å². The minimum Gasteiger partial charge on any atom is -0.507 e. The van der Waals surface area contributed by atoms with Crippen LogP contribution in [0.3, 0.4) is 0 Å². The third-order valence-electron chi connectivity index (χ3n) is 3.41. The molecule has 0 bridgehead atoms. The normalized spacial score (nSPS) is 12.8. The van der Waals surface area contributed by atoms with Gasteiger partial charge in [-0.2, -0.15) is 0 Å². The standard InChI is InChI=1S/C15H9NO4/c1-7-5-8(16-20)6-10-12(7)15(19)13-9(14(10)18)3-2-4-11(13)17/h2-6,17H,1H3. The summed E-state index contributed by atoms with van der Waals surface area (Å²) in [7, 11) is 0. The van der Waals surface area contributed by atoms with Crippen molar-refractivity contribution in [1.29, 1.82) is 0 Å². The van der Waals surface area contributed by atoms with Crippen LogP contribution in [0.4, 0.5) is 5.69 Å². The molecule has 1 aliphatic rings. The zero-order valence-corrected chi connectivity index (χ0v) is 10.5. The monoisotopic (exact) mass is 267 g/mol. The van der Waals surface area contributed by atoms with Gasteiger partial charge in [-0.15, -0.1) is 4.91 Å². The van der Waals surface area contributed by atoms with Crippen LogP contribution in [0, 0.1) is 11.8 Å². The average Bonchev–Trinajstić information content (AvgIpc) is 2.43. The van der Waals surface area contributed by atoms with Gasteiger partial charge < -0.3 is 5.11 Å². The fourth-order valence-electron chi connectivity index (χ4n) is 2.54. The van der Waals surface area contributed by atoms with E-state index in [4.69, 9.17) is 0 Å². The van der Waals surface area contributed by atoms with Crippen LogP contribution in [0.25, 0.3) is 0 Å². The molecule has 3 rings (SSSR count). The molecular formula is C15H9NO4. The Kier molecular flexibility index (Phi) is 2.50. The van der Waals surface area contributed by atoms with Crippen LogP contribution in [0.1, 0.15) is 37.4 Å². The molecule has 0 aliphatic heterocycles. The smallest absolute Gasteiger partial charge is 0.198 e. The van der Waals surface area contributed by atoms with Gasteiger partial charge in [0.15, 0.2) is 11.6 Å². The number of phenolic OH excluding ortho intramolecular Hbond substituents is 1. The number of hydrogen-bond donors (Lipinski definition) is 1. The van der Waals surface area contributed by atoms with E-state index in [1.54, 1.807) is 6.92 Å². The van der Waals surface area contributed by atoms with Gasteiger partial charge in [-0.1, -0.05) is 12.1 Å². The van der Waals surface area contributed by atoms with Crippen molar-refractivity contribution in [2.45, 2.75) is 6.92 Å². The Morgan fingerprint density at radius 1 is 1.00 bits per heavy atom. The van der Waals surface area contributed by atoms with Gasteiger partial charge in [-0.05, 0) is 35.9 Å². The second kappa shape index (κ2) is 4.09. The van der Waals surface area contributed by atoms with Crippen LogP contribution >= 0.6 is 0 Å². The topological polar surface area (TPSA) is 83.8 Å². The number of ketones is 2. The highest BCUT2D eigenvalue weighted by molar-refractivity contribution is 6.30. The summed E-state index contributed by atoms with van der Waals surface area (Å²) in [6, 6.07) is 7.10. The number of carbonyl (C=O) groups is 2. The van der Waals surface area contributed by atoms with Crippen LogP contribution in [0.15, 0.2) is 35.5 Å². The van der Waals surface area contributed by atoms with E-state index in [1.807, 2.05) is 0 Å². The number of hydrogen-bond acceptors (Lipinski definition) is 5. The molecule has 0 aromatic heterocycles. The van der Waals surface area contributed by atoms with Crippen LogP contribution in [0.2, 0.25) is 0 Å². The fourth-order valence-corrected chi connectivity index (χ4v) is 2.54. The SMILES string of the molecule is Cc1cc(N=O)cc2c1C(=O)c1c(O)cccc1C2=O. The van der Waals surface area contributed by atoms with Gasteiger partial charge in [-0.25, -0.2) is 0 Å². The van der Waals surface area contributed by atoms with Gasteiger partial charge in [0.1, 0.15) is 11.4 Å². The molecular weight excluding hydrogens is 258 g/mol. The fraction of sp³-hybridized carbons (Fsp3) is 0.0667. The lowest BCUT2D eigenvalue weighted by atomic mass is 9.81. The van der Waals surface area contributed by atoms with Gasteiger partial charge in [0, 0.05) is 16.7 Å². The number of nitroso groups, excluding NO2 is 1. The van der Waals surface area contributed by atoms with Crippen molar-refractivity contribution in [3.05, 3.63) is 63.1 Å². The first-order valence-electron chi connectivity index (χ1n) is 5.94. The number of carbonyl (C=O) groups excluding carboxylic acids is 2. The molecule has 5 nitrogen and oxygen atoms in total. The highest BCUT2D eigenvalue weighted by Gasteiger charge is 2.33. The molecule has 2 aromatic carbocycles. The molecule has 1 aliphatic carbocycles. The third-order valence-corrected chi connectivity index (χ3v) is 3.41. The summed E-state index contributed by atoms with van der Waals surface area (Å²) in [5.41, 5.74) is 1.12. The molecule has 0 saturated heterocycles. The Balaban J connectivity index is 2.38. The van der Waals surface area contributed by atoms with E-state index in [9.17, 15) is 19.6 Å². The minimum atomic E-state index is -0.414. The first-order valence-corrected chi connectivity index (χ1v) is 5.94. The Morgan fingerprint density at radius 2 is 1.75 bits per heavy atom. The van der Waals surface area contributed by atoms with Crippen molar-refractivity contribution in [2.24, 2.45) is 5.18 Å². The third kappa shape index (κ3) is 1.50. The second-order valence-electron chi connectivity index (χ2n) is 4.63. The zero-order valence-electron chi connectivity index (χ0n) is 10.5. The maximum atomic E-state index is 12.5. The first kappa shape index (κ1) is 12.2. The highest BCUT2D eigenvalue weighted by Crippen LogP contribution is 2.35. The van der Waals surface area contributed by atoms with Crippen molar-refractivity contribution in [1.82, 2.24) is 0 Å². The summed E-state index contributed by atoms with van der Waals surface area (Å²) < 4.78 is 0. The number of aryl methyl sites for hydroxylation is 1. The molecule has 0 radical (unpaired) electrons. The molecule has 0 saturated carbocycles. The van der Waals surface area contributed by atoms with Crippen molar-refractivity contribution < 1.29 is 14.7 Å². The lowest BCUT2D eigenvalue weighted by Crippen LogP contribution is -2.22. The molecule has 20 heavy (non-hydrogen) atoms. The van der Waals surface area contributed by atoms with Gasteiger partial charge in [0.2, 0.25) is 0 Å². The Hall–Kier alpha value is -2.82. The Morgan fingerprint density at radius 3 is 2.45 bits per heavy atom. The summed E-state index contributed by atoms with van der Waals surface area (Å²) >= 11 is 0. The number of fused-ring (bicyclic) bond motifs is 2. The first-order chi connectivity index (χ1) is 9.54. The molecule has 0 spiro atoms. The summed E-state index contributed by atoms with van der Waals surface area (Å²) in [6.07, 6.45) is 0. The highest BCUT2D eigenvalue weighted by atomic mass is 16.3. The minimum absolute atomic E-state index is 0.0138. The van der Waals surface area contributed by atoms with E-state index in [0.717, 1.165) is 0 Å². The number of nitrogens with zero attached hydrogens (tertiary/aromatic N) is 1. The van der Waals surface area contributed by atoms with Crippen LogP contribution in [-0.4, -0.2) is 16.7 Å². The van der Waals surface area contributed by atoms with E-state index in [-0.39, 0.29) is 39.5 Å². The van der Waals surface area contributed by atoms with Crippen molar-refractivity contribution in [2.75, 3.05) is 0 Å². The summed E-state index contributed by atoms with van der Waals surface area (Å²) in [5, 5.41) is 12.6. The zero-order chi connectivity index (χ0) is 14.4. The predicted octanol–water partition coefficient (Wildman–Crippen LogP) is 2.87. The van der Waals surface area contributed by atoms with Crippen LogP contribution in [0.5, 0.6) is 5.75 Å². The Labute approximate surface area is 113 Å². The number of benzene rings is 2. The summed E-state index contributed by atoms with van der Waals surface area (Å²) in [5.74, 6) is -1.02.